The lowest BCUT2D eigenvalue weighted by Crippen LogP contribution is -2.14. The molecule has 1 rings (SSSR count). The fourth-order valence-corrected chi connectivity index (χ4v) is 1.66. The zero-order chi connectivity index (χ0) is 13.5. The average Bonchev–Trinajstić information content (AvgIpc) is 2.29. The van der Waals surface area contributed by atoms with E-state index in [-0.39, 0.29) is 24.5 Å². The SMILES string of the molecule is O=C(CCCl)OC(=O)CC(Cl)c1ccc(F)cc1. The first-order valence-corrected chi connectivity index (χ1v) is 6.19. The summed E-state index contributed by atoms with van der Waals surface area (Å²) in [6.45, 7) is 0. The lowest BCUT2D eigenvalue weighted by molar-refractivity contribution is -0.159. The minimum atomic E-state index is -0.727. The van der Waals surface area contributed by atoms with E-state index in [1.807, 2.05) is 0 Å². The molecule has 0 spiro atoms. The molecule has 98 valence electrons. The zero-order valence-corrected chi connectivity index (χ0v) is 10.9. The van der Waals surface area contributed by atoms with Gasteiger partial charge in [0.25, 0.3) is 0 Å². The Morgan fingerprint density at radius 2 is 1.83 bits per heavy atom. The second-order valence-electron chi connectivity index (χ2n) is 3.51. The molecule has 0 bridgehead atoms. The number of benzene rings is 1. The van der Waals surface area contributed by atoms with Crippen LogP contribution in [0.1, 0.15) is 23.8 Å². The Kier molecular flexibility index (Phi) is 6.09. The Hall–Kier alpha value is -1.13. The molecule has 0 fully saturated rings. The highest BCUT2D eigenvalue weighted by atomic mass is 35.5. The molecule has 1 aromatic carbocycles. The van der Waals surface area contributed by atoms with Crippen LogP contribution in [0.15, 0.2) is 24.3 Å². The van der Waals surface area contributed by atoms with Gasteiger partial charge in [-0.25, -0.2) is 4.39 Å². The van der Waals surface area contributed by atoms with Crippen molar-refractivity contribution in [1.82, 2.24) is 0 Å². The molecule has 0 heterocycles. The van der Waals surface area contributed by atoms with Crippen molar-refractivity contribution < 1.29 is 18.7 Å². The van der Waals surface area contributed by atoms with Crippen LogP contribution in [0.2, 0.25) is 0 Å². The maximum atomic E-state index is 12.7. The first-order valence-electron chi connectivity index (χ1n) is 5.22. The van der Waals surface area contributed by atoms with Gasteiger partial charge in [0.2, 0.25) is 0 Å². The molecule has 6 heteroatoms. The van der Waals surface area contributed by atoms with Gasteiger partial charge < -0.3 is 4.74 Å². The van der Waals surface area contributed by atoms with E-state index in [9.17, 15) is 14.0 Å². The van der Waals surface area contributed by atoms with E-state index in [0.717, 1.165) is 0 Å². The highest BCUT2D eigenvalue weighted by Gasteiger charge is 2.17. The number of rotatable bonds is 5. The smallest absolute Gasteiger partial charge is 0.315 e. The molecule has 18 heavy (non-hydrogen) atoms. The van der Waals surface area contributed by atoms with Gasteiger partial charge in [0.1, 0.15) is 5.82 Å². The number of esters is 2. The predicted molar refractivity (Wildman–Crippen MR) is 66.0 cm³/mol. The Labute approximate surface area is 114 Å². The molecule has 0 saturated carbocycles. The van der Waals surface area contributed by atoms with Crippen molar-refractivity contribution >= 4 is 35.1 Å². The first-order chi connectivity index (χ1) is 8.52. The standard InChI is InChI=1S/C12H11Cl2FO3/c13-6-5-11(16)18-12(17)7-10(14)8-1-3-9(15)4-2-8/h1-4,10H,5-7H2. The average molecular weight is 293 g/mol. The van der Waals surface area contributed by atoms with Gasteiger partial charge >= 0.3 is 11.9 Å². The third-order valence-electron chi connectivity index (χ3n) is 2.10. The summed E-state index contributed by atoms with van der Waals surface area (Å²) in [6, 6.07) is 5.44. The van der Waals surface area contributed by atoms with E-state index < -0.39 is 17.3 Å². The van der Waals surface area contributed by atoms with Gasteiger partial charge in [0, 0.05) is 5.88 Å². The number of hydrogen-bond donors (Lipinski definition) is 0. The molecule has 1 atom stereocenters. The van der Waals surface area contributed by atoms with Crippen LogP contribution in [0.25, 0.3) is 0 Å². The fraction of sp³-hybridized carbons (Fsp3) is 0.333. The number of hydrogen-bond acceptors (Lipinski definition) is 3. The van der Waals surface area contributed by atoms with E-state index >= 15 is 0 Å². The zero-order valence-electron chi connectivity index (χ0n) is 9.37. The van der Waals surface area contributed by atoms with E-state index in [0.29, 0.717) is 5.56 Å². The molecule has 0 aliphatic heterocycles. The summed E-state index contributed by atoms with van der Waals surface area (Å²) < 4.78 is 17.2. The highest BCUT2D eigenvalue weighted by Crippen LogP contribution is 2.24. The molecule has 0 N–H and O–H groups in total. The van der Waals surface area contributed by atoms with Gasteiger partial charge in [-0.3, -0.25) is 9.59 Å². The topological polar surface area (TPSA) is 43.4 Å². The van der Waals surface area contributed by atoms with E-state index in [1.165, 1.54) is 24.3 Å². The van der Waals surface area contributed by atoms with Crippen LogP contribution in [-0.2, 0) is 14.3 Å². The molecule has 0 aliphatic rings. The first kappa shape index (κ1) is 14.9. The molecule has 0 radical (unpaired) electrons. The minimum Gasteiger partial charge on any atom is -0.393 e. The van der Waals surface area contributed by atoms with Crippen molar-refractivity contribution in [3.8, 4) is 0 Å². The molecular formula is C12H11Cl2FO3. The van der Waals surface area contributed by atoms with Crippen molar-refractivity contribution in [2.45, 2.75) is 18.2 Å². The normalized spacial score (nSPS) is 11.9. The lowest BCUT2D eigenvalue weighted by Gasteiger charge is -2.08. The monoisotopic (exact) mass is 292 g/mol. The van der Waals surface area contributed by atoms with Crippen molar-refractivity contribution in [3.05, 3.63) is 35.6 Å². The Morgan fingerprint density at radius 3 is 2.39 bits per heavy atom. The number of halogens is 3. The second kappa shape index (κ2) is 7.34. The van der Waals surface area contributed by atoms with Crippen molar-refractivity contribution in [2.75, 3.05) is 5.88 Å². The molecule has 1 unspecified atom stereocenters. The van der Waals surface area contributed by atoms with Gasteiger partial charge in [0.05, 0.1) is 18.2 Å². The summed E-state index contributed by atoms with van der Waals surface area (Å²) in [5.41, 5.74) is 0.583. The van der Waals surface area contributed by atoms with Crippen LogP contribution >= 0.6 is 23.2 Å². The van der Waals surface area contributed by atoms with Crippen LogP contribution in [0.3, 0.4) is 0 Å². The molecule has 3 nitrogen and oxygen atoms in total. The van der Waals surface area contributed by atoms with Crippen LogP contribution in [-0.4, -0.2) is 17.8 Å². The van der Waals surface area contributed by atoms with E-state index in [2.05, 4.69) is 4.74 Å². The quantitative estimate of drug-likeness (QED) is 0.475. The van der Waals surface area contributed by atoms with Crippen LogP contribution < -0.4 is 0 Å². The van der Waals surface area contributed by atoms with Crippen molar-refractivity contribution in [2.24, 2.45) is 0 Å². The lowest BCUT2D eigenvalue weighted by atomic mass is 10.1. The van der Waals surface area contributed by atoms with Crippen molar-refractivity contribution in [3.63, 3.8) is 0 Å². The summed E-state index contributed by atoms with van der Waals surface area (Å²) in [7, 11) is 0. The number of ether oxygens (including phenoxy) is 1. The minimum absolute atomic E-state index is 0.0310. The van der Waals surface area contributed by atoms with E-state index in [1.54, 1.807) is 0 Å². The Bertz CT molecular complexity index is 420. The fourth-order valence-electron chi connectivity index (χ4n) is 1.23. The molecule has 0 aromatic heterocycles. The largest absolute Gasteiger partial charge is 0.393 e. The Morgan fingerprint density at radius 1 is 1.22 bits per heavy atom. The summed E-state index contributed by atoms with van der Waals surface area (Å²) in [5, 5.41) is -0.665. The number of carbonyl (C=O) groups excluding carboxylic acids is 2. The van der Waals surface area contributed by atoms with Gasteiger partial charge in [0.15, 0.2) is 0 Å². The molecule has 0 saturated heterocycles. The Balaban J connectivity index is 2.49. The predicted octanol–water partition coefficient (Wildman–Crippen LogP) is 3.19. The van der Waals surface area contributed by atoms with Crippen LogP contribution in [0, 0.1) is 5.82 Å². The van der Waals surface area contributed by atoms with Crippen molar-refractivity contribution in [1.29, 1.82) is 0 Å². The van der Waals surface area contributed by atoms with Gasteiger partial charge in [-0.2, -0.15) is 0 Å². The number of alkyl halides is 2. The maximum Gasteiger partial charge on any atom is 0.315 e. The molecule has 0 amide bonds. The molecule has 1 aromatic rings. The van der Waals surface area contributed by atoms with Crippen LogP contribution in [0.4, 0.5) is 4.39 Å². The summed E-state index contributed by atoms with van der Waals surface area (Å²) in [4.78, 5) is 22.3. The summed E-state index contributed by atoms with van der Waals surface area (Å²) >= 11 is 11.3. The van der Waals surface area contributed by atoms with E-state index in [4.69, 9.17) is 23.2 Å². The number of carbonyl (C=O) groups is 2. The van der Waals surface area contributed by atoms with Crippen LogP contribution in [0.5, 0.6) is 0 Å². The third kappa shape index (κ3) is 5.02. The molecular weight excluding hydrogens is 282 g/mol. The van der Waals surface area contributed by atoms with Gasteiger partial charge in [-0.1, -0.05) is 12.1 Å². The summed E-state index contributed by atoms with van der Waals surface area (Å²) in [6.07, 6.45) is -0.196. The maximum absolute atomic E-state index is 12.7. The summed E-state index contributed by atoms with van der Waals surface area (Å²) in [5.74, 6) is -1.70. The second-order valence-corrected chi connectivity index (χ2v) is 4.41. The highest BCUT2D eigenvalue weighted by molar-refractivity contribution is 6.22. The molecule has 0 aliphatic carbocycles. The van der Waals surface area contributed by atoms with Gasteiger partial charge in [-0.05, 0) is 17.7 Å². The third-order valence-corrected chi connectivity index (χ3v) is 2.70. The van der Waals surface area contributed by atoms with Gasteiger partial charge in [-0.15, -0.1) is 23.2 Å².